The lowest BCUT2D eigenvalue weighted by molar-refractivity contribution is 0.340. The second-order valence-electron chi connectivity index (χ2n) is 8.36. The van der Waals surface area contributed by atoms with Crippen LogP contribution in [0.2, 0.25) is 19.6 Å². The first kappa shape index (κ1) is 16.9. The normalized spacial score (nSPS) is 14.0. The fourth-order valence-electron chi connectivity index (χ4n) is 2.69. The van der Waals surface area contributed by atoms with Crippen molar-refractivity contribution in [3.05, 3.63) is 48.2 Å². The molecule has 0 spiro atoms. The Morgan fingerprint density at radius 1 is 1.00 bits per heavy atom. The van der Waals surface area contributed by atoms with Gasteiger partial charge in [-0.25, -0.2) is 0 Å². The first-order valence-electron chi connectivity index (χ1n) is 8.16. The maximum atomic E-state index is 4.78. The molecule has 1 aromatic heterocycles. The lowest BCUT2D eigenvalue weighted by atomic mass is 9.78. The van der Waals surface area contributed by atoms with E-state index in [4.69, 9.17) is 4.98 Å². The lowest BCUT2D eigenvalue weighted by Gasteiger charge is -2.32. The van der Waals surface area contributed by atoms with Gasteiger partial charge in [0.05, 0.1) is 13.8 Å². The molecule has 0 saturated heterocycles. The molecule has 1 unspecified atom stereocenters. The molecule has 118 valence electrons. The van der Waals surface area contributed by atoms with Crippen molar-refractivity contribution in [3.8, 4) is 11.3 Å². The van der Waals surface area contributed by atoms with Gasteiger partial charge in [0.15, 0.2) is 0 Å². The Balaban J connectivity index is 2.61. The van der Waals surface area contributed by atoms with Crippen molar-refractivity contribution in [1.82, 2.24) is 4.98 Å². The average Bonchev–Trinajstić information content (AvgIpc) is 2.45. The molecule has 2 aromatic rings. The van der Waals surface area contributed by atoms with Gasteiger partial charge in [-0.05, 0) is 28.1 Å². The first-order chi connectivity index (χ1) is 10.1. The van der Waals surface area contributed by atoms with E-state index in [2.05, 4.69) is 89.9 Å². The van der Waals surface area contributed by atoms with Gasteiger partial charge in [0.2, 0.25) is 0 Å². The van der Waals surface area contributed by atoms with E-state index in [0.717, 1.165) is 5.69 Å². The number of benzene rings is 1. The van der Waals surface area contributed by atoms with Gasteiger partial charge in [-0.3, -0.25) is 4.98 Å². The maximum absolute atomic E-state index is 4.78. The molecule has 0 aliphatic heterocycles. The molecule has 1 aromatic carbocycles. The molecule has 1 atom stereocenters. The molecule has 1 nitrogen and oxygen atoms in total. The van der Waals surface area contributed by atoms with Crippen LogP contribution in [0.1, 0.15) is 39.2 Å². The van der Waals surface area contributed by atoms with Crippen molar-refractivity contribution >= 4 is 13.3 Å². The van der Waals surface area contributed by atoms with Crippen LogP contribution in [-0.2, 0) is 0 Å². The molecule has 0 bridgehead atoms. The van der Waals surface area contributed by atoms with E-state index in [1.807, 2.05) is 0 Å². The minimum Gasteiger partial charge on any atom is -0.256 e. The highest BCUT2D eigenvalue weighted by Crippen LogP contribution is 2.35. The summed E-state index contributed by atoms with van der Waals surface area (Å²) in [6.07, 6.45) is 2.14. The number of hydrogen-bond donors (Lipinski definition) is 0. The minimum atomic E-state index is -1.41. The highest BCUT2D eigenvalue weighted by atomic mass is 28.3. The summed E-state index contributed by atoms with van der Waals surface area (Å²) in [7, 11) is -1.41. The quantitative estimate of drug-likeness (QED) is 0.687. The molecule has 1 heterocycles. The molecular weight excluding hydrogens is 282 g/mol. The SMILES string of the molecule is CC(c1cc(-c2ccccc2)ncc1[Si](C)(C)C)C(C)(C)C. The second kappa shape index (κ2) is 6.00. The molecule has 0 saturated carbocycles. The van der Waals surface area contributed by atoms with Crippen LogP contribution < -0.4 is 5.19 Å². The van der Waals surface area contributed by atoms with Gasteiger partial charge in [-0.2, -0.15) is 0 Å². The Labute approximate surface area is 136 Å². The van der Waals surface area contributed by atoms with Gasteiger partial charge >= 0.3 is 0 Å². The van der Waals surface area contributed by atoms with Crippen molar-refractivity contribution in [2.75, 3.05) is 0 Å². The van der Waals surface area contributed by atoms with Crippen molar-refractivity contribution in [2.45, 2.75) is 53.3 Å². The van der Waals surface area contributed by atoms with E-state index < -0.39 is 8.07 Å². The zero-order chi connectivity index (χ0) is 16.5. The van der Waals surface area contributed by atoms with Gasteiger partial charge in [-0.15, -0.1) is 0 Å². The van der Waals surface area contributed by atoms with E-state index in [9.17, 15) is 0 Å². The third kappa shape index (κ3) is 3.67. The number of rotatable bonds is 3. The summed E-state index contributed by atoms with van der Waals surface area (Å²) in [5.41, 5.74) is 4.03. The molecule has 0 aliphatic carbocycles. The van der Waals surface area contributed by atoms with E-state index in [1.165, 1.54) is 16.3 Å². The Morgan fingerprint density at radius 3 is 2.09 bits per heavy atom. The fourth-order valence-corrected chi connectivity index (χ4v) is 4.30. The van der Waals surface area contributed by atoms with Crippen LogP contribution in [0.25, 0.3) is 11.3 Å². The molecule has 2 rings (SSSR count). The molecule has 0 fully saturated rings. The Kier molecular flexibility index (Phi) is 4.62. The standard InChI is InChI=1S/C20H29NSi/c1-15(20(2,3)4)17-13-18(16-11-9-8-10-12-16)21-14-19(17)22(5,6)7/h8-15H,1-7H3. The summed E-state index contributed by atoms with van der Waals surface area (Å²) >= 11 is 0. The van der Waals surface area contributed by atoms with Crippen LogP contribution in [0.5, 0.6) is 0 Å². The van der Waals surface area contributed by atoms with Crippen molar-refractivity contribution < 1.29 is 0 Å². The number of hydrogen-bond acceptors (Lipinski definition) is 1. The van der Waals surface area contributed by atoms with Crippen LogP contribution in [0.3, 0.4) is 0 Å². The van der Waals surface area contributed by atoms with E-state index >= 15 is 0 Å². The number of nitrogens with zero attached hydrogens (tertiary/aromatic N) is 1. The summed E-state index contributed by atoms with van der Waals surface area (Å²) in [5, 5.41) is 1.50. The second-order valence-corrected chi connectivity index (χ2v) is 13.4. The summed E-state index contributed by atoms with van der Waals surface area (Å²) in [4.78, 5) is 4.78. The van der Waals surface area contributed by atoms with Gasteiger partial charge in [-0.1, -0.05) is 77.7 Å². The monoisotopic (exact) mass is 311 g/mol. The molecule has 0 amide bonds. The highest BCUT2D eigenvalue weighted by Gasteiger charge is 2.29. The third-order valence-electron chi connectivity index (χ3n) is 4.58. The van der Waals surface area contributed by atoms with Crippen LogP contribution in [0.15, 0.2) is 42.6 Å². The number of pyridine rings is 1. The van der Waals surface area contributed by atoms with Gasteiger partial charge < -0.3 is 0 Å². The van der Waals surface area contributed by atoms with Crippen LogP contribution >= 0.6 is 0 Å². The van der Waals surface area contributed by atoms with E-state index in [-0.39, 0.29) is 5.41 Å². The molecule has 0 aliphatic rings. The van der Waals surface area contributed by atoms with Gasteiger partial charge in [0.25, 0.3) is 0 Å². The lowest BCUT2D eigenvalue weighted by Crippen LogP contribution is -2.42. The van der Waals surface area contributed by atoms with Crippen molar-refractivity contribution in [2.24, 2.45) is 5.41 Å². The predicted octanol–water partition coefficient (Wildman–Crippen LogP) is 5.44. The van der Waals surface area contributed by atoms with E-state index in [1.54, 1.807) is 0 Å². The van der Waals surface area contributed by atoms with E-state index in [0.29, 0.717) is 5.92 Å². The summed E-state index contributed by atoms with van der Waals surface area (Å²) in [5.74, 6) is 0.514. The maximum Gasteiger partial charge on any atom is 0.0799 e. The smallest absolute Gasteiger partial charge is 0.0799 e. The summed E-state index contributed by atoms with van der Waals surface area (Å²) < 4.78 is 0. The van der Waals surface area contributed by atoms with Crippen LogP contribution in [0.4, 0.5) is 0 Å². The van der Waals surface area contributed by atoms with Crippen molar-refractivity contribution in [3.63, 3.8) is 0 Å². The first-order valence-corrected chi connectivity index (χ1v) is 11.7. The third-order valence-corrected chi connectivity index (χ3v) is 6.61. The summed E-state index contributed by atoms with van der Waals surface area (Å²) in [6.45, 7) is 16.6. The largest absolute Gasteiger partial charge is 0.256 e. The van der Waals surface area contributed by atoms with Crippen LogP contribution in [0, 0.1) is 5.41 Å². The number of aromatic nitrogens is 1. The molecule has 22 heavy (non-hydrogen) atoms. The Bertz CT molecular complexity index is 633. The Hall–Kier alpha value is -1.41. The molecule has 0 N–H and O–H groups in total. The molecular formula is C20H29NSi. The topological polar surface area (TPSA) is 12.9 Å². The minimum absolute atomic E-state index is 0.254. The average molecular weight is 312 g/mol. The highest BCUT2D eigenvalue weighted by molar-refractivity contribution is 6.89. The molecule has 2 heteroatoms. The zero-order valence-electron chi connectivity index (χ0n) is 15.1. The predicted molar refractivity (Wildman–Crippen MR) is 101 cm³/mol. The van der Waals surface area contributed by atoms with Crippen LogP contribution in [-0.4, -0.2) is 13.1 Å². The van der Waals surface area contributed by atoms with Gasteiger partial charge in [0, 0.05) is 11.8 Å². The fraction of sp³-hybridized carbons (Fsp3) is 0.450. The Morgan fingerprint density at radius 2 is 1.59 bits per heavy atom. The summed E-state index contributed by atoms with van der Waals surface area (Å²) in [6, 6.07) is 12.8. The molecule has 0 radical (unpaired) electrons. The van der Waals surface area contributed by atoms with Crippen molar-refractivity contribution in [1.29, 1.82) is 0 Å². The van der Waals surface area contributed by atoms with Gasteiger partial charge in [0.1, 0.15) is 0 Å². The zero-order valence-corrected chi connectivity index (χ0v) is 16.1.